The maximum absolute atomic E-state index is 10.6. The molecule has 1 saturated carbocycles. The van der Waals surface area contributed by atoms with E-state index in [0.717, 1.165) is 5.56 Å². The van der Waals surface area contributed by atoms with Crippen LogP contribution in [0.15, 0.2) is 18.2 Å². The number of aromatic hydroxyl groups is 1. The van der Waals surface area contributed by atoms with Crippen molar-refractivity contribution in [3.8, 4) is 5.75 Å². The van der Waals surface area contributed by atoms with E-state index in [4.69, 9.17) is 5.11 Å². The van der Waals surface area contributed by atoms with Crippen molar-refractivity contribution in [2.45, 2.75) is 25.4 Å². The predicted molar refractivity (Wildman–Crippen MR) is 54.9 cm³/mol. The first-order valence-corrected chi connectivity index (χ1v) is 4.95. The lowest BCUT2D eigenvalue weighted by molar-refractivity contribution is 0.0693. The Labute approximate surface area is 87.6 Å². The van der Waals surface area contributed by atoms with Gasteiger partial charge in [-0.1, -0.05) is 6.07 Å². The second-order valence-corrected chi connectivity index (χ2v) is 3.81. The number of hydrogen-bond acceptors (Lipinski definition) is 3. The zero-order valence-electron chi connectivity index (χ0n) is 8.23. The average molecular weight is 207 g/mol. The quantitative estimate of drug-likeness (QED) is 0.697. The molecule has 0 saturated heterocycles. The summed E-state index contributed by atoms with van der Waals surface area (Å²) in [5, 5.41) is 21.4. The number of nitrogens with one attached hydrogen (secondary N) is 1. The van der Waals surface area contributed by atoms with Crippen molar-refractivity contribution in [1.82, 2.24) is 5.32 Å². The topological polar surface area (TPSA) is 69.6 Å². The van der Waals surface area contributed by atoms with Gasteiger partial charge in [-0.25, -0.2) is 4.79 Å². The number of hydrogen-bond donors (Lipinski definition) is 3. The average Bonchev–Trinajstić information content (AvgIpc) is 2.97. The first-order chi connectivity index (χ1) is 7.16. The van der Waals surface area contributed by atoms with Gasteiger partial charge in [-0.05, 0) is 30.5 Å². The summed E-state index contributed by atoms with van der Waals surface area (Å²) in [5.74, 6) is -1.27. The second-order valence-electron chi connectivity index (χ2n) is 3.81. The fourth-order valence-electron chi connectivity index (χ4n) is 1.42. The Morgan fingerprint density at radius 1 is 1.47 bits per heavy atom. The Bertz CT molecular complexity index is 385. The zero-order chi connectivity index (χ0) is 10.8. The number of phenols is 1. The van der Waals surface area contributed by atoms with Crippen LogP contribution < -0.4 is 5.32 Å². The summed E-state index contributed by atoms with van der Waals surface area (Å²) in [6, 6.07) is 5.25. The highest BCUT2D eigenvalue weighted by atomic mass is 16.4. The van der Waals surface area contributed by atoms with E-state index in [1.54, 1.807) is 6.07 Å². The lowest BCUT2D eigenvalue weighted by Gasteiger charge is -2.05. The van der Waals surface area contributed by atoms with Gasteiger partial charge in [0.2, 0.25) is 0 Å². The van der Waals surface area contributed by atoms with Gasteiger partial charge in [0.15, 0.2) is 0 Å². The molecule has 4 heteroatoms. The molecular formula is C11H13NO3. The van der Waals surface area contributed by atoms with E-state index in [1.165, 1.54) is 25.0 Å². The van der Waals surface area contributed by atoms with E-state index in [0.29, 0.717) is 12.6 Å². The third kappa shape index (κ3) is 2.47. The van der Waals surface area contributed by atoms with Crippen LogP contribution >= 0.6 is 0 Å². The van der Waals surface area contributed by atoms with E-state index >= 15 is 0 Å². The molecule has 1 aliphatic carbocycles. The standard InChI is InChI=1S/C11H13NO3/c13-10-5-7(6-12-8-2-3-8)1-4-9(10)11(14)15/h1,4-5,8,12-13H,2-3,6H2,(H,14,15). The summed E-state index contributed by atoms with van der Waals surface area (Å²) >= 11 is 0. The molecule has 15 heavy (non-hydrogen) atoms. The predicted octanol–water partition coefficient (Wildman–Crippen LogP) is 1.34. The minimum Gasteiger partial charge on any atom is -0.507 e. The summed E-state index contributed by atoms with van der Waals surface area (Å²) in [4.78, 5) is 10.6. The second kappa shape index (κ2) is 3.90. The molecule has 0 unspecified atom stereocenters. The first kappa shape index (κ1) is 9.98. The number of carboxylic acid groups (broad SMARTS) is 1. The van der Waals surface area contributed by atoms with Crippen LogP contribution in [0.3, 0.4) is 0 Å². The Balaban J connectivity index is 2.06. The van der Waals surface area contributed by atoms with Crippen molar-refractivity contribution in [1.29, 1.82) is 0 Å². The van der Waals surface area contributed by atoms with E-state index in [1.807, 2.05) is 0 Å². The molecule has 0 spiro atoms. The molecule has 1 fully saturated rings. The zero-order valence-corrected chi connectivity index (χ0v) is 8.23. The molecule has 4 nitrogen and oxygen atoms in total. The van der Waals surface area contributed by atoms with Gasteiger partial charge in [-0.15, -0.1) is 0 Å². The number of aromatic carboxylic acids is 1. The minimum absolute atomic E-state index is 0.0508. The summed E-state index contributed by atoms with van der Waals surface area (Å²) in [6.07, 6.45) is 2.42. The van der Waals surface area contributed by atoms with Crippen LogP contribution in [0.25, 0.3) is 0 Å². The molecule has 1 aliphatic rings. The molecule has 0 atom stereocenters. The van der Waals surface area contributed by atoms with Crippen molar-refractivity contribution in [3.63, 3.8) is 0 Å². The fourth-order valence-corrected chi connectivity index (χ4v) is 1.42. The summed E-state index contributed by atoms with van der Waals surface area (Å²) in [6.45, 7) is 0.679. The van der Waals surface area contributed by atoms with Gasteiger partial charge < -0.3 is 15.5 Å². The van der Waals surface area contributed by atoms with Crippen LogP contribution in [-0.2, 0) is 6.54 Å². The maximum Gasteiger partial charge on any atom is 0.339 e. The van der Waals surface area contributed by atoms with Crippen LogP contribution in [0.4, 0.5) is 0 Å². The van der Waals surface area contributed by atoms with E-state index in [-0.39, 0.29) is 11.3 Å². The molecule has 80 valence electrons. The van der Waals surface area contributed by atoms with Crippen LogP contribution in [-0.4, -0.2) is 22.2 Å². The summed E-state index contributed by atoms with van der Waals surface area (Å²) < 4.78 is 0. The molecular weight excluding hydrogens is 194 g/mol. The van der Waals surface area contributed by atoms with Gasteiger partial charge >= 0.3 is 5.97 Å². The molecule has 3 N–H and O–H groups in total. The smallest absolute Gasteiger partial charge is 0.339 e. The van der Waals surface area contributed by atoms with E-state index in [2.05, 4.69) is 5.32 Å². The Kier molecular flexibility index (Phi) is 2.60. The highest BCUT2D eigenvalue weighted by molar-refractivity contribution is 5.90. The molecule has 0 radical (unpaired) electrons. The van der Waals surface area contributed by atoms with Gasteiger partial charge in [-0.3, -0.25) is 0 Å². The lowest BCUT2D eigenvalue weighted by atomic mass is 10.1. The van der Waals surface area contributed by atoms with Crippen LogP contribution in [0.5, 0.6) is 5.75 Å². The normalized spacial score (nSPS) is 15.2. The van der Waals surface area contributed by atoms with Gasteiger partial charge in [0, 0.05) is 12.6 Å². The SMILES string of the molecule is O=C(O)c1ccc(CNC2CC2)cc1O. The molecule has 1 aromatic carbocycles. The molecule has 0 bridgehead atoms. The van der Waals surface area contributed by atoms with Crippen molar-refractivity contribution in [2.75, 3.05) is 0 Å². The van der Waals surface area contributed by atoms with Gasteiger partial charge in [0.1, 0.15) is 11.3 Å². The molecule has 0 amide bonds. The molecule has 0 heterocycles. The minimum atomic E-state index is -1.10. The number of carboxylic acids is 1. The lowest BCUT2D eigenvalue weighted by Crippen LogP contribution is -2.15. The molecule has 2 rings (SSSR count). The monoisotopic (exact) mass is 207 g/mol. The van der Waals surface area contributed by atoms with E-state index < -0.39 is 5.97 Å². The Morgan fingerprint density at radius 2 is 2.20 bits per heavy atom. The summed E-state index contributed by atoms with van der Waals surface area (Å²) in [7, 11) is 0. The van der Waals surface area contributed by atoms with Crippen LogP contribution in [0.2, 0.25) is 0 Å². The van der Waals surface area contributed by atoms with Gasteiger partial charge in [0.25, 0.3) is 0 Å². The fraction of sp³-hybridized carbons (Fsp3) is 0.364. The van der Waals surface area contributed by atoms with Crippen molar-refractivity contribution < 1.29 is 15.0 Å². The maximum atomic E-state index is 10.6. The highest BCUT2D eigenvalue weighted by Gasteiger charge is 2.20. The third-order valence-corrected chi connectivity index (χ3v) is 2.46. The number of carbonyl (C=O) groups is 1. The van der Waals surface area contributed by atoms with Crippen LogP contribution in [0.1, 0.15) is 28.8 Å². The first-order valence-electron chi connectivity index (χ1n) is 4.95. The molecule has 1 aromatic rings. The number of rotatable bonds is 4. The summed E-state index contributed by atoms with van der Waals surface area (Å²) in [5.41, 5.74) is 0.856. The van der Waals surface area contributed by atoms with Gasteiger partial charge in [0.05, 0.1) is 0 Å². The number of benzene rings is 1. The van der Waals surface area contributed by atoms with E-state index in [9.17, 15) is 9.90 Å². The Hall–Kier alpha value is -1.55. The van der Waals surface area contributed by atoms with Gasteiger partial charge in [-0.2, -0.15) is 0 Å². The van der Waals surface area contributed by atoms with Crippen LogP contribution in [0, 0.1) is 0 Å². The largest absolute Gasteiger partial charge is 0.507 e. The van der Waals surface area contributed by atoms with Crippen molar-refractivity contribution in [3.05, 3.63) is 29.3 Å². The molecule has 0 aromatic heterocycles. The van der Waals surface area contributed by atoms with Crippen molar-refractivity contribution >= 4 is 5.97 Å². The van der Waals surface area contributed by atoms with Crippen molar-refractivity contribution in [2.24, 2.45) is 0 Å². The Morgan fingerprint density at radius 3 is 2.73 bits per heavy atom. The third-order valence-electron chi connectivity index (χ3n) is 2.46. The highest BCUT2D eigenvalue weighted by Crippen LogP contribution is 2.21. The molecule has 0 aliphatic heterocycles.